The van der Waals surface area contributed by atoms with Crippen LogP contribution in [0.1, 0.15) is 38.3 Å². The van der Waals surface area contributed by atoms with Crippen LogP contribution in [0, 0.1) is 5.82 Å². The summed E-state index contributed by atoms with van der Waals surface area (Å²) in [5, 5.41) is 2.92. The van der Waals surface area contributed by atoms with Gasteiger partial charge in [-0.3, -0.25) is 4.79 Å². The van der Waals surface area contributed by atoms with Crippen LogP contribution in [0.5, 0.6) is 0 Å². The van der Waals surface area contributed by atoms with Crippen LogP contribution >= 0.6 is 0 Å². The van der Waals surface area contributed by atoms with Crippen molar-refractivity contribution < 1.29 is 9.18 Å². The molecule has 110 valence electrons. The molecule has 1 aromatic rings. The Hall–Kier alpha value is -1.62. The zero-order chi connectivity index (χ0) is 14.7. The first-order valence-corrected chi connectivity index (χ1v) is 7.04. The van der Waals surface area contributed by atoms with Crippen LogP contribution in [0.25, 0.3) is 0 Å². The number of nitrogens with one attached hydrogen (secondary N) is 1. The first kappa shape index (κ1) is 14.8. The lowest BCUT2D eigenvalue weighted by Crippen LogP contribution is -2.44. The number of rotatable bonds is 3. The number of carbonyl (C=O) groups is 1. The molecule has 1 saturated heterocycles. The van der Waals surface area contributed by atoms with E-state index in [4.69, 9.17) is 5.73 Å². The van der Waals surface area contributed by atoms with Crippen LogP contribution < -0.4 is 16.0 Å². The van der Waals surface area contributed by atoms with Gasteiger partial charge in [-0.25, -0.2) is 4.39 Å². The van der Waals surface area contributed by atoms with Gasteiger partial charge in [-0.1, -0.05) is 6.07 Å². The Balaban J connectivity index is 2.02. The summed E-state index contributed by atoms with van der Waals surface area (Å²) in [5.74, 6) is -0.228. The van der Waals surface area contributed by atoms with E-state index in [-0.39, 0.29) is 23.8 Å². The molecule has 5 heteroatoms. The van der Waals surface area contributed by atoms with Crippen molar-refractivity contribution in [3.63, 3.8) is 0 Å². The molecular formula is C15H22FN3O. The van der Waals surface area contributed by atoms with Crippen LogP contribution in [0.3, 0.4) is 0 Å². The minimum Gasteiger partial charge on any atom is -0.369 e. The topological polar surface area (TPSA) is 58.4 Å². The highest BCUT2D eigenvalue weighted by atomic mass is 19.1. The summed E-state index contributed by atoms with van der Waals surface area (Å²) in [4.78, 5) is 13.0. The second-order valence-corrected chi connectivity index (χ2v) is 5.46. The minimum absolute atomic E-state index is 0.00378. The molecule has 1 aliphatic heterocycles. The van der Waals surface area contributed by atoms with E-state index in [2.05, 4.69) is 5.32 Å². The van der Waals surface area contributed by atoms with Gasteiger partial charge in [-0.15, -0.1) is 0 Å². The molecule has 0 aromatic heterocycles. The third-order valence-electron chi connectivity index (χ3n) is 3.74. The fourth-order valence-corrected chi connectivity index (χ4v) is 2.62. The Labute approximate surface area is 119 Å². The summed E-state index contributed by atoms with van der Waals surface area (Å²) in [6.45, 7) is 4.87. The van der Waals surface area contributed by atoms with Crippen molar-refractivity contribution in [1.82, 2.24) is 5.32 Å². The SMILES string of the molecule is CC(=O)NC1CCN(c2ccc([C@@H](C)N)cc2F)CC1. The molecule has 0 radical (unpaired) electrons. The lowest BCUT2D eigenvalue weighted by molar-refractivity contribution is -0.119. The van der Waals surface area contributed by atoms with E-state index in [1.807, 2.05) is 17.9 Å². The maximum absolute atomic E-state index is 14.1. The number of anilines is 1. The number of piperidine rings is 1. The van der Waals surface area contributed by atoms with E-state index in [1.165, 1.54) is 13.0 Å². The Morgan fingerprint density at radius 2 is 2.10 bits per heavy atom. The Morgan fingerprint density at radius 3 is 2.60 bits per heavy atom. The normalized spacial score (nSPS) is 17.9. The maximum Gasteiger partial charge on any atom is 0.217 e. The number of halogens is 1. The van der Waals surface area contributed by atoms with E-state index >= 15 is 0 Å². The van der Waals surface area contributed by atoms with Crippen molar-refractivity contribution in [2.24, 2.45) is 5.73 Å². The predicted molar refractivity (Wildman–Crippen MR) is 78.1 cm³/mol. The van der Waals surface area contributed by atoms with Gasteiger partial charge in [0, 0.05) is 32.1 Å². The van der Waals surface area contributed by atoms with Gasteiger partial charge < -0.3 is 16.0 Å². The van der Waals surface area contributed by atoms with Crippen molar-refractivity contribution in [3.8, 4) is 0 Å². The molecule has 1 amide bonds. The second-order valence-electron chi connectivity index (χ2n) is 5.46. The Morgan fingerprint density at radius 1 is 1.45 bits per heavy atom. The van der Waals surface area contributed by atoms with Gasteiger partial charge >= 0.3 is 0 Å². The van der Waals surface area contributed by atoms with E-state index in [0.29, 0.717) is 5.69 Å². The average molecular weight is 279 g/mol. The van der Waals surface area contributed by atoms with Crippen LogP contribution in [0.4, 0.5) is 10.1 Å². The van der Waals surface area contributed by atoms with Gasteiger partial charge in [-0.2, -0.15) is 0 Å². The number of benzene rings is 1. The lowest BCUT2D eigenvalue weighted by atomic mass is 10.0. The van der Waals surface area contributed by atoms with Crippen LogP contribution in [0.2, 0.25) is 0 Å². The van der Waals surface area contributed by atoms with Gasteiger partial charge in [0.25, 0.3) is 0 Å². The highest BCUT2D eigenvalue weighted by Gasteiger charge is 2.21. The summed E-state index contributed by atoms with van der Waals surface area (Å²) in [7, 11) is 0. The highest BCUT2D eigenvalue weighted by Crippen LogP contribution is 2.25. The lowest BCUT2D eigenvalue weighted by Gasteiger charge is -2.34. The first-order chi connectivity index (χ1) is 9.47. The summed E-state index contributed by atoms with van der Waals surface area (Å²) in [6.07, 6.45) is 1.68. The molecule has 20 heavy (non-hydrogen) atoms. The standard InChI is InChI=1S/C15H22FN3O/c1-10(17)12-3-4-15(14(16)9-12)19-7-5-13(6-8-19)18-11(2)20/h3-4,9-10,13H,5-8,17H2,1-2H3,(H,18,20)/t10-/m1/s1. The third-order valence-corrected chi connectivity index (χ3v) is 3.74. The zero-order valence-electron chi connectivity index (χ0n) is 12.0. The smallest absolute Gasteiger partial charge is 0.217 e. The van der Waals surface area contributed by atoms with E-state index in [0.717, 1.165) is 31.5 Å². The van der Waals surface area contributed by atoms with E-state index in [1.54, 1.807) is 6.07 Å². The number of nitrogens with two attached hydrogens (primary N) is 1. The molecule has 1 heterocycles. The summed E-state index contributed by atoms with van der Waals surface area (Å²) in [6, 6.07) is 5.23. The average Bonchev–Trinajstić information content (AvgIpc) is 2.39. The van der Waals surface area contributed by atoms with Crippen LogP contribution in [0.15, 0.2) is 18.2 Å². The fourth-order valence-electron chi connectivity index (χ4n) is 2.62. The second kappa shape index (κ2) is 6.22. The molecule has 1 aromatic carbocycles. The number of nitrogens with zero attached hydrogens (tertiary/aromatic N) is 1. The molecule has 0 saturated carbocycles. The third kappa shape index (κ3) is 3.48. The number of hydrogen-bond acceptors (Lipinski definition) is 3. The number of hydrogen-bond donors (Lipinski definition) is 2. The molecule has 0 bridgehead atoms. The number of amides is 1. The summed E-state index contributed by atoms with van der Waals surface area (Å²) < 4.78 is 14.1. The summed E-state index contributed by atoms with van der Waals surface area (Å²) in [5.41, 5.74) is 7.18. The van der Waals surface area contributed by atoms with Crippen molar-refractivity contribution in [2.45, 2.75) is 38.8 Å². The molecule has 2 rings (SSSR count). The van der Waals surface area contributed by atoms with Crippen molar-refractivity contribution in [1.29, 1.82) is 0 Å². The van der Waals surface area contributed by atoms with Crippen molar-refractivity contribution in [2.75, 3.05) is 18.0 Å². The largest absolute Gasteiger partial charge is 0.369 e. The van der Waals surface area contributed by atoms with Gasteiger partial charge in [0.1, 0.15) is 5.82 Å². The van der Waals surface area contributed by atoms with Gasteiger partial charge in [-0.05, 0) is 37.5 Å². The van der Waals surface area contributed by atoms with Gasteiger partial charge in [0.05, 0.1) is 5.69 Å². The first-order valence-electron chi connectivity index (χ1n) is 7.04. The van der Waals surface area contributed by atoms with Crippen molar-refractivity contribution in [3.05, 3.63) is 29.6 Å². The Kier molecular flexibility index (Phi) is 4.60. The van der Waals surface area contributed by atoms with E-state index in [9.17, 15) is 9.18 Å². The summed E-state index contributed by atoms with van der Waals surface area (Å²) >= 11 is 0. The molecule has 0 aliphatic carbocycles. The highest BCUT2D eigenvalue weighted by molar-refractivity contribution is 5.73. The quantitative estimate of drug-likeness (QED) is 0.889. The monoisotopic (exact) mass is 279 g/mol. The molecule has 1 fully saturated rings. The molecule has 1 aliphatic rings. The fraction of sp³-hybridized carbons (Fsp3) is 0.533. The molecule has 3 N–H and O–H groups in total. The van der Waals surface area contributed by atoms with Crippen LogP contribution in [-0.4, -0.2) is 25.0 Å². The van der Waals surface area contributed by atoms with Crippen LogP contribution in [-0.2, 0) is 4.79 Å². The molecule has 0 spiro atoms. The molecule has 4 nitrogen and oxygen atoms in total. The zero-order valence-corrected chi connectivity index (χ0v) is 12.0. The van der Waals surface area contributed by atoms with Gasteiger partial charge in [0.2, 0.25) is 5.91 Å². The van der Waals surface area contributed by atoms with Gasteiger partial charge in [0.15, 0.2) is 0 Å². The predicted octanol–water partition coefficient (Wildman–Crippen LogP) is 1.95. The molecule has 0 unspecified atom stereocenters. The maximum atomic E-state index is 14.1. The molecular weight excluding hydrogens is 257 g/mol. The minimum atomic E-state index is -0.224. The van der Waals surface area contributed by atoms with Crippen molar-refractivity contribution >= 4 is 11.6 Å². The Bertz CT molecular complexity index is 482. The number of carbonyl (C=O) groups excluding carboxylic acids is 1. The molecule has 1 atom stereocenters. The van der Waals surface area contributed by atoms with E-state index < -0.39 is 0 Å².